The van der Waals surface area contributed by atoms with Crippen molar-refractivity contribution in [1.29, 1.82) is 0 Å². The average molecular weight is 386 g/mol. The molecule has 0 spiro atoms. The van der Waals surface area contributed by atoms with E-state index < -0.39 is 17.7 Å². The van der Waals surface area contributed by atoms with Crippen molar-refractivity contribution < 1.29 is 14.3 Å². The highest BCUT2D eigenvalue weighted by Crippen LogP contribution is 2.28. The zero-order chi connectivity index (χ0) is 21.0. The van der Waals surface area contributed by atoms with Crippen molar-refractivity contribution in [3.05, 3.63) is 34.9 Å². The number of nitrogens with one attached hydrogen (secondary N) is 2. The van der Waals surface area contributed by atoms with E-state index in [1.54, 1.807) is 13.8 Å². The molecule has 0 saturated carbocycles. The first kappa shape index (κ1) is 20.9. The summed E-state index contributed by atoms with van der Waals surface area (Å²) in [7, 11) is 1.38. The number of hydrogen-bond donors (Lipinski definition) is 4. The van der Waals surface area contributed by atoms with Crippen LogP contribution in [0.5, 0.6) is 5.88 Å². The molecular weight excluding hydrogens is 360 g/mol. The Morgan fingerprint density at radius 1 is 1.07 bits per heavy atom. The van der Waals surface area contributed by atoms with E-state index in [2.05, 4.69) is 20.6 Å². The van der Waals surface area contributed by atoms with Gasteiger partial charge < -0.3 is 26.8 Å². The van der Waals surface area contributed by atoms with E-state index >= 15 is 0 Å². The summed E-state index contributed by atoms with van der Waals surface area (Å²) in [5.74, 6) is -1.24. The second-order valence-corrected chi connectivity index (χ2v) is 6.77. The average Bonchev–Trinajstić information content (AvgIpc) is 2.59. The zero-order valence-corrected chi connectivity index (χ0v) is 16.7. The molecule has 2 atom stereocenters. The maximum absolute atomic E-state index is 12.0. The van der Waals surface area contributed by atoms with Crippen molar-refractivity contribution in [3.8, 4) is 5.88 Å². The minimum Gasteiger partial charge on any atom is -0.480 e. The number of anilines is 3. The van der Waals surface area contributed by atoms with E-state index in [1.165, 1.54) is 7.11 Å². The molecule has 0 radical (unpaired) electrons. The zero-order valence-electron chi connectivity index (χ0n) is 16.7. The monoisotopic (exact) mass is 386 g/mol. The number of nitrogens with two attached hydrogens (primary N) is 2. The van der Waals surface area contributed by atoms with Gasteiger partial charge in [0.25, 0.3) is 5.91 Å². The molecule has 28 heavy (non-hydrogen) atoms. The second kappa shape index (κ2) is 8.55. The number of hydrogen-bond acceptors (Lipinski definition) is 7. The molecule has 2 unspecified atom stereocenters. The molecular formula is C19H26N6O3. The molecule has 1 aromatic carbocycles. The molecule has 0 aliphatic heterocycles. The highest BCUT2D eigenvalue weighted by Gasteiger charge is 2.23. The highest BCUT2D eigenvalue weighted by molar-refractivity contribution is 6.00. The number of aryl methyl sites for hydroxylation is 2. The number of aromatic nitrogens is 2. The molecule has 150 valence electrons. The minimum atomic E-state index is -0.728. The normalized spacial score (nSPS) is 12.8. The smallest absolute Gasteiger partial charge is 0.258 e. The van der Waals surface area contributed by atoms with Gasteiger partial charge in [0.15, 0.2) is 5.82 Å². The Bertz CT molecular complexity index is 879. The van der Waals surface area contributed by atoms with Crippen molar-refractivity contribution in [2.45, 2.75) is 33.7 Å². The van der Waals surface area contributed by atoms with Gasteiger partial charge in [0.05, 0.1) is 13.0 Å². The molecule has 0 saturated heterocycles. The standard InChI is InChI=1S/C19H26N6O3/c1-9-6-10(2)8-13(7-9)23-17-14(16(21)27)18(28-5)25-19(24-17)22-12(4)11(3)15(20)26/h6-8,11-12H,1-5H3,(H2,20,26)(H2,21,27)(H2,22,23,24,25). The Kier molecular flexibility index (Phi) is 6.40. The highest BCUT2D eigenvalue weighted by atomic mass is 16.5. The van der Waals surface area contributed by atoms with Crippen molar-refractivity contribution in [1.82, 2.24) is 9.97 Å². The molecule has 2 aromatic rings. The lowest BCUT2D eigenvalue weighted by Gasteiger charge is -2.20. The lowest BCUT2D eigenvalue weighted by molar-refractivity contribution is -0.121. The van der Waals surface area contributed by atoms with Crippen LogP contribution in [-0.2, 0) is 4.79 Å². The number of amides is 2. The second-order valence-electron chi connectivity index (χ2n) is 6.77. The Morgan fingerprint density at radius 2 is 1.68 bits per heavy atom. The molecule has 0 aliphatic rings. The van der Waals surface area contributed by atoms with Crippen LogP contribution in [0.25, 0.3) is 0 Å². The Balaban J connectivity index is 2.48. The third-order valence-corrected chi connectivity index (χ3v) is 4.36. The fourth-order valence-corrected chi connectivity index (χ4v) is 2.72. The summed E-state index contributed by atoms with van der Waals surface area (Å²) in [5, 5.41) is 6.13. The van der Waals surface area contributed by atoms with Crippen LogP contribution in [0.1, 0.15) is 35.3 Å². The fraction of sp³-hybridized carbons (Fsp3) is 0.368. The van der Waals surface area contributed by atoms with Gasteiger partial charge >= 0.3 is 0 Å². The van der Waals surface area contributed by atoms with Crippen LogP contribution in [0.4, 0.5) is 17.5 Å². The van der Waals surface area contributed by atoms with Gasteiger partial charge in [0.2, 0.25) is 17.7 Å². The summed E-state index contributed by atoms with van der Waals surface area (Å²) in [5.41, 5.74) is 13.7. The first-order valence-electron chi connectivity index (χ1n) is 8.79. The molecule has 9 nitrogen and oxygen atoms in total. The van der Waals surface area contributed by atoms with Crippen molar-refractivity contribution in [2.75, 3.05) is 17.7 Å². The number of carbonyl (C=O) groups is 2. The molecule has 9 heteroatoms. The topological polar surface area (TPSA) is 145 Å². The summed E-state index contributed by atoms with van der Waals surface area (Å²) >= 11 is 0. The van der Waals surface area contributed by atoms with E-state index in [9.17, 15) is 9.59 Å². The van der Waals surface area contributed by atoms with Gasteiger partial charge in [-0.25, -0.2) is 0 Å². The van der Waals surface area contributed by atoms with Crippen LogP contribution in [0.2, 0.25) is 0 Å². The van der Waals surface area contributed by atoms with Gasteiger partial charge in [-0.2, -0.15) is 9.97 Å². The lowest BCUT2D eigenvalue weighted by atomic mass is 10.0. The number of benzene rings is 1. The summed E-state index contributed by atoms with van der Waals surface area (Å²) in [6.07, 6.45) is 0. The van der Waals surface area contributed by atoms with Gasteiger partial charge in [-0.1, -0.05) is 13.0 Å². The van der Waals surface area contributed by atoms with Crippen LogP contribution in [0, 0.1) is 19.8 Å². The fourth-order valence-electron chi connectivity index (χ4n) is 2.72. The van der Waals surface area contributed by atoms with E-state index in [1.807, 2.05) is 32.0 Å². The molecule has 2 rings (SSSR count). The number of primary amides is 2. The lowest BCUT2D eigenvalue weighted by Crippen LogP contribution is -2.35. The van der Waals surface area contributed by atoms with Crippen LogP contribution >= 0.6 is 0 Å². The third-order valence-electron chi connectivity index (χ3n) is 4.36. The van der Waals surface area contributed by atoms with Crippen LogP contribution in [0.15, 0.2) is 18.2 Å². The van der Waals surface area contributed by atoms with E-state index in [-0.39, 0.29) is 29.3 Å². The summed E-state index contributed by atoms with van der Waals surface area (Å²) in [4.78, 5) is 32.0. The molecule has 0 fully saturated rings. The Morgan fingerprint density at radius 3 is 2.18 bits per heavy atom. The van der Waals surface area contributed by atoms with Gasteiger partial charge in [-0.3, -0.25) is 9.59 Å². The van der Waals surface area contributed by atoms with E-state index in [4.69, 9.17) is 16.2 Å². The van der Waals surface area contributed by atoms with Crippen LogP contribution in [0.3, 0.4) is 0 Å². The Hall–Kier alpha value is -3.36. The number of ether oxygens (including phenoxy) is 1. The summed E-state index contributed by atoms with van der Waals surface area (Å²) < 4.78 is 5.24. The van der Waals surface area contributed by atoms with Crippen molar-refractivity contribution in [3.63, 3.8) is 0 Å². The SMILES string of the molecule is COc1nc(NC(C)C(C)C(N)=O)nc(Nc2cc(C)cc(C)c2)c1C(N)=O. The van der Waals surface area contributed by atoms with Crippen LogP contribution in [-0.4, -0.2) is 34.9 Å². The molecule has 1 heterocycles. The Labute approximate surface area is 163 Å². The van der Waals surface area contributed by atoms with Gasteiger partial charge in [-0.15, -0.1) is 0 Å². The van der Waals surface area contributed by atoms with Crippen molar-refractivity contribution in [2.24, 2.45) is 17.4 Å². The van der Waals surface area contributed by atoms with Gasteiger partial charge in [-0.05, 0) is 44.0 Å². The molecule has 0 bridgehead atoms. The largest absolute Gasteiger partial charge is 0.480 e. The van der Waals surface area contributed by atoms with Crippen LogP contribution < -0.4 is 26.8 Å². The van der Waals surface area contributed by atoms with E-state index in [0.29, 0.717) is 0 Å². The predicted octanol–water partition coefficient (Wildman–Crippen LogP) is 1.87. The first-order chi connectivity index (χ1) is 13.1. The molecule has 2 amide bonds. The summed E-state index contributed by atoms with van der Waals surface area (Å²) in [6, 6.07) is 5.52. The maximum atomic E-state index is 12.0. The minimum absolute atomic E-state index is 0.0239. The number of carbonyl (C=O) groups excluding carboxylic acids is 2. The number of nitrogens with zero attached hydrogens (tertiary/aromatic N) is 2. The molecule has 6 N–H and O–H groups in total. The maximum Gasteiger partial charge on any atom is 0.258 e. The quantitative estimate of drug-likeness (QED) is 0.542. The summed E-state index contributed by atoms with van der Waals surface area (Å²) in [6.45, 7) is 7.41. The predicted molar refractivity (Wildman–Crippen MR) is 108 cm³/mol. The van der Waals surface area contributed by atoms with Gasteiger partial charge in [0.1, 0.15) is 5.56 Å². The molecule has 0 aliphatic carbocycles. The van der Waals surface area contributed by atoms with Crippen molar-refractivity contribution >= 4 is 29.3 Å². The molecule has 1 aromatic heterocycles. The van der Waals surface area contributed by atoms with E-state index in [0.717, 1.165) is 16.8 Å². The third kappa shape index (κ3) is 4.87. The number of methoxy groups -OCH3 is 1. The first-order valence-corrected chi connectivity index (χ1v) is 8.79. The van der Waals surface area contributed by atoms with Gasteiger partial charge in [0, 0.05) is 11.7 Å². The number of rotatable bonds is 8.